The van der Waals surface area contributed by atoms with E-state index in [9.17, 15) is 0 Å². The minimum Gasteiger partial charge on any atom is -0.374 e. The summed E-state index contributed by atoms with van der Waals surface area (Å²) < 4.78 is 5.97. The van der Waals surface area contributed by atoms with Gasteiger partial charge in [-0.15, -0.1) is 0 Å². The molecule has 3 rings (SSSR count). The zero-order valence-electron chi connectivity index (χ0n) is 11.0. The predicted octanol–water partition coefficient (Wildman–Crippen LogP) is 1.77. The lowest BCUT2D eigenvalue weighted by Gasteiger charge is -2.28. The average molecular weight is 238 g/mol. The number of hydrogen-bond donors (Lipinski definition) is 1. The van der Waals surface area contributed by atoms with Gasteiger partial charge in [-0.1, -0.05) is 0 Å². The second-order valence-corrected chi connectivity index (χ2v) is 6.12. The molecule has 1 aliphatic carbocycles. The molecule has 2 heterocycles. The number of nitrogens with one attached hydrogen (secondary N) is 1. The van der Waals surface area contributed by atoms with Crippen LogP contribution in [0.1, 0.15) is 45.4 Å². The fourth-order valence-electron chi connectivity index (χ4n) is 3.29. The van der Waals surface area contributed by atoms with E-state index in [1.165, 1.54) is 58.2 Å². The number of ether oxygens (including phenoxy) is 1. The molecule has 1 saturated carbocycles. The van der Waals surface area contributed by atoms with E-state index in [0.29, 0.717) is 12.2 Å². The molecular weight excluding hydrogens is 212 g/mol. The van der Waals surface area contributed by atoms with Gasteiger partial charge in [0, 0.05) is 25.2 Å². The normalized spacial score (nSPS) is 38.1. The van der Waals surface area contributed by atoms with Crippen molar-refractivity contribution in [3.05, 3.63) is 0 Å². The molecule has 3 fully saturated rings. The van der Waals surface area contributed by atoms with Crippen LogP contribution in [-0.2, 0) is 4.74 Å². The predicted molar refractivity (Wildman–Crippen MR) is 69.2 cm³/mol. The van der Waals surface area contributed by atoms with Crippen LogP contribution in [0.25, 0.3) is 0 Å². The third-order valence-electron chi connectivity index (χ3n) is 4.44. The fourth-order valence-corrected chi connectivity index (χ4v) is 3.29. The Balaban J connectivity index is 1.49. The Bertz CT molecular complexity index is 249. The van der Waals surface area contributed by atoms with E-state index < -0.39 is 0 Å². The first kappa shape index (κ1) is 11.9. The van der Waals surface area contributed by atoms with Crippen molar-refractivity contribution in [3.63, 3.8) is 0 Å². The van der Waals surface area contributed by atoms with Crippen LogP contribution in [-0.4, -0.2) is 48.8 Å². The third kappa shape index (κ3) is 3.21. The van der Waals surface area contributed by atoms with Crippen molar-refractivity contribution >= 4 is 0 Å². The second-order valence-electron chi connectivity index (χ2n) is 6.12. The summed E-state index contributed by atoms with van der Waals surface area (Å²) in [6, 6.07) is 1.62. The Morgan fingerprint density at radius 2 is 2.00 bits per heavy atom. The number of hydrogen-bond acceptors (Lipinski definition) is 3. The maximum absolute atomic E-state index is 5.97. The third-order valence-corrected chi connectivity index (χ3v) is 4.44. The summed E-state index contributed by atoms with van der Waals surface area (Å²) in [7, 11) is 0. The zero-order chi connectivity index (χ0) is 11.7. The fraction of sp³-hybridized carbons (Fsp3) is 1.00. The Hall–Kier alpha value is -0.120. The van der Waals surface area contributed by atoms with E-state index in [1.54, 1.807) is 0 Å². The molecular formula is C14H26N2O. The monoisotopic (exact) mass is 238 g/mol. The van der Waals surface area contributed by atoms with E-state index >= 15 is 0 Å². The van der Waals surface area contributed by atoms with Gasteiger partial charge in [-0.05, 0) is 52.0 Å². The standard InChI is InChI=1S/C14H26N2O/c1-11-4-7-14(17-11)10-16(13-5-6-13)9-12-3-2-8-15-12/h11-15H,2-10H2,1H3. The molecule has 2 aliphatic heterocycles. The van der Waals surface area contributed by atoms with Crippen LogP contribution < -0.4 is 5.32 Å². The van der Waals surface area contributed by atoms with Crippen molar-refractivity contribution < 1.29 is 4.74 Å². The van der Waals surface area contributed by atoms with E-state index in [-0.39, 0.29) is 0 Å². The van der Waals surface area contributed by atoms with Gasteiger partial charge < -0.3 is 10.1 Å². The van der Waals surface area contributed by atoms with Crippen molar-refractivity contribution in [1.29, 1.82) is 0 Å². The van der Waals surface area contributed by atoms with Gasteiger partial charge in [0.1, 0.15) is 0 Å². The summed E-state index contributed by atoms with van der Waals surface area (Å²) in [6.45, 7) is 5.85. The molecule has 2 saturated heterocycles. The molecule has 3 unspecified atom stereocenters. The molecule has 0 bridgehead atoms. The summed E-state index contributed by atoms with van der Waals surface area (Å²) in [5.74, 6) is 0. The Morgan fingerprint density at radius 3 is 2.59 bits per heavy atom. The van der Waals surface area contributed by atoms with Gasteiger partial charge in [0.05, 0.1) is 12.2 Å². The Morgan fingerprint density at radius 1 is 1.12 bits per heavy atom. The Labute approximate surface area is 105 Å². The van der Waals surface area contributed by atoms with E-state index in [4.69, 9.17) is 4.74 Å². The quantitative estimate of drug-likeness (QED) is 0.790. The molecule has 1 N–H and O–H groups in total. The lowest BCUT2D eigenvalue weighted by atomic mass is 10.1. The lowest BCUT2D eigenvalue weighted by Crippen LogP contribution is -2.42. The molecule has 3 aliphatic rings. The van der Waals surface area contributed by atoms with Gasteiger partial charge >= 0.3 is 0 Å². The SMILES string of the molecule is CC1CCC(CN(CC2CCCN2)C2CC2)O1. The summed E-state index contributed by atoms with van der Waals surface area (Å²) in [5, 5.41) is 3.62. The van der Waals surface area contributed by atoms with Crippen molar-refractivity contribution in [2.45, 2.75) is 69.7 Å². The summed E-state index contributed by atoms with van der Waals surface area (Å²) in [6.07, 6.45) is 9.07. The van der Waals surface area contributed by atoms with Crippen molar-refractivity contribution in [1.82, 2.24) is 10.2 Å². The molecule has 3 nitrogen and oxygen atoms in total. The zero-order valence-corrected chi connectivity index (χ0v) is 11.0. The molecule has 0 aromatic heterocycles. The highest BCUT2D eigenvalue weighted by molar-refractivity contribution is 4.90. The van der Waals surface area contributed by atoms with Crippen LogP contribution in [0.15, 0.2) is 0 Å². The summed E-state index contributed by atoms with van der Waals surface area (Å²) >= 11 is 0. The maximum Gasteiger partial charge on any atom is 0.0706 e. The van der Waals surface area contributed by atoms with Crippen LogP contribution in [0, 0.1) is 0 Å². The first-order chi connectivity index (χ1) is 8.31. The lowest BCUT2D eigenvalue weighted by molar-refractivity contribution is 0.0279. The minimum absolute atomic E-state index is 0.491. The first-order valence-corrected chi connectivity index (χ1v) is 7.44. The smallest absolute Gasteiger partial charge is 0.0706 e. The molecule has 3 heteroatoms. The van der Waals surface area contributed by atoms with Crippen LogP contribution in [0.5, 0.6) is 0 Å². The van der Waals surface area contributed by atoms with E-state index in [0.717, 1.165) is 12.1 Å². The molecule has 98 valence electrons. The van der Waals surface area contributed by atoms with Crippen LogP contribution in [0.3, 0.4) is 0 Å². The first-order valence-electron chi connectivity index (χ1n) is 7.44. The van der Waals surface area contributed by atoms with Gasteiger partial charge in [0.25, 0.3) is 0 Å². The van der Waals surface area contributed by atoms with Crippen molar-refractivity contribution in [2.75, 3.05) is 19.6 Å². The maximum atomic E-state index is 5.97. The van der Waals surface area contributed by atoms with Crippen LogP contribution >= 0.6 is 0 Å². The highest BCUT2D eigenvalue weighted by Crippen LogP contribution is 2.30. The molecule has 3 atom stereocenters. The summed E-state index contributed by atoms with van der Waals surface area (Å²) in [4.78, 5) is 2.70. The largest absolute Gasteiger partial charge is 0.374 e. The number of rotatable bonds is 5. The van der Waals surface area contributed by atoms with Crippen molar-refractivity contribution in [2.24, 2.45) is 0 Å². The molecule has 17 heavy (non-hydrogen) atoms. The van der Waals surface area contributed by atoms with Gasteiger partial charge in [-0.2, -0.15) is 0 Å². The van der Waals surface area contributed by atoms with Gasteiger partial charge in [-0.3, -0.25) is 4.90 Å². The summed E-state index contributed by atoms with van der Waals surface area (Å²) in [5.41, 5.74) is 0. The number of nitrogens with zero attached hydrogens (tertiary/aromatic N) is 1. The van der Waals surface area contributed by atoms with E-state index in [1.807, 2.05) is 0 Å². The van der Waals surface area contributed by atoms with Crippen LogP contribution in [0.2, 0.25) is 0 Å². The highest BCUT2D eigenvalue weighted by atomic mass is 16.5. The molecule has 0 amide bonds. The second kappa shape index (κ2) is 5.25. The average Bonchev–Trinajstić information content (AvgIpc) is 2.89. The molecule has 0 radical (unpaired) electrons. The molecule has 0 aromatic carbocycles. The van der Waals surface area contributed by atoms with Crippen molar-refractivity contribution in [3.8, 4) is 0 Å². The molecule has 0 spiro atoms. The Kier molecular flexibility index (Phi) is 3.69. The van der Waals surface area contributed by atoms with Gasteiger partial charge in [0.2, 0.25) is 0 Å². The molecule has 0 aromatic rings. The van der Waals surface area contributed by atoms with Crippen LogP contribution in [0.4, 0.5) is 0 Å². The van der Waals surface area contributed by atoms with E-state index in [2.05, 4.69) is 17.1 Å². The topological polar surface area (TPSA) is 24.5 Å². The minimum atomic E-state index is 0.491. The van der Waals surface area contributed by atoms with Gasteiger partial charge in [-0.25, -0.2) is 0 Å². The van der Waals surface area contributed by atoms with Gasteiger partial charge in [0.15, 0.2) is 0 Å². The highest BCUT2D eigenvalue weighted by Gasteiger charge is 2.34.